The molecule has 1 fully saturated rings. The summed E-state index contributed by atoms with van der Waals surface area (Å²) in [6.07, 6.45) is 0.153. The summed E-state index contributed by atoms with van der Waals surface area (Å²) in [6.45, 7) is 6.28. The molecule has 0 spiro atoms. The molecule has 0 saturated carbocycles. The van der Waals surface area contributed by atoms with E-state index in [4.69, 9.17) is 9.84 Å². The van der Waals surface area contributed by atoms with E-state index in [1.807, 2.05) is 98.2 Å². The fraction of sp³-hybridized carbons (Fsp3) is 0.250. The molecule has 2 heterocycles. The van der Waals surface area contributed by atoms with Crippen molar-refractivity contribution in [3.8, 4) is 0 Å². The molecule has 1 aliphatic rings. The first-order valence-corrected chi connectivity index (χ1v) is 15.6. The van der Waals surface area contributed by atoms with Gasteiger partial charge in [-0.25, -0.2) is 9.48 Å². The molecule has 6 rings (SSSR count). The number of nitrogens with zero attached hydrogens (tertiary/aromatic N) is 3. The Labute approximate surface area is 266 Å². The molecule has 224 valence electrons. The van der Waals surface area contributed by atoms with E-state index in [-0.39, 0.29) is 11.8 Å². The third-order valence-corrected chi connectivity index (χ3v) is 8.48. The lowest BCUT2D eigenvalue weighted by Gasteiger charge is -2.37. The molecular weight excluding hydrogens is 616 g/mol. The molecule has 1 aliphatic heterocycles. The zero-order valence-corrected chi connectivity index (χ0v) is 26.6. The van der Waals surface area contributed by atoms with Crippen LogP contribution in [0.5, 0.6) is 0 Å². The summed E-state index contributed by atoms with van der Waals surface area (Å²) >= 11 is 3.63. The van der Waals surface area contributed by atoms with Gasteiger partial charge in [-0.15, -0.1) is 0 Å². The number of fused-ring (bicyclic) bond motifs is 1. The molecule has 0 unspecified atom stereocenters. The number of benzene rings is 4. The Hall–Kier alpha value is -4.43. The number of hydrogen-bond donors (Lipinski definition) is 1. The van der Waals surface area contributed by atoms with E-state index in [0.29, 0.717) is 25.3 Å². The quantitative estimate of drug-likeness (QED) is 0.190. The average Bonchev–Trinajstić information content (AvgIpc) is 3.65. The molecular formula is C36H35BrN4O3. The highest BCUT2D eigenvalue weighted by Gasteiger charge is 2.41. The molecule has 1 N–H and O–H groups in total. The number of halogens is 1. The van der Waals surface area contributed by atoms with Crippen LogP contribution in [0.25, 0.3) is 10.9 Å². The summed E-state index contributed by atoms with van der Waals surface area (Å²) in [5.74, 6) is -0.0847. The second kappa shape index (κ2) is 11.9. The maximum Gasteiger partial charge on any atom is 0.410 e. The largest absolute Gasteiger partial charge is 0.444 e. The molecule has 8 heteroatoms. The van der Waals surface area contributed by atoms with Crippen molar-refractivity contribution in [1.29, 1.82) is 0 Å². The van der Waals surface area contributed by atoms with Crippen LogP contribution in [-0.2, 0) is 15.1 Å². The highest BCUT2D eigenvalue weighted by Crippen LogP contribution is 2.43. The van der Waals surface area contributed by atoms with E-state index < -0.39 is 17.2 Å². The molecule has 44 heavy (non-hydrogen) atoms. The van der Waals surface area contributed by atoms with Gasteiger partial charge in [-0.2, -0.15) is 5.10 Å². The van der Waals surface area contributed by atoms with Gasteiger partial charge in [0.05, 0.1) is 11.4 Å². The molecule has 5 aromatic rings. The molecule has 0 aliphatic carbocycles. The van der Waals surface area contributed by atoms with Crippen molar-refractivity contribution in [2.45, 2.75) is 38.3 Å². The Morgan fingerprint density at radius 3 is 1.91 bits per heavy atom. The number of nitrogens with one attached hydrogen (secondary N) is 1. The van der Waals surface area contributed by atoms with E-state index in [1.165, 1.54) is 0 Å². The van der Waals surface area contributed by atoms with Crippen molar-refractivity contribution in [3.05, 3.63) is 130 Å². The number of ether oxygens (including phenoxy) is 1. The van der Waals surface area contributed by atoms with Crippen LogP contribution < -0.4 is 5.32 Å². The van der Waals surface area contributed by atoms with E-state index in [1.54, 1.807) is 4.90 Å². The van der Waals surface area contributed by atoms with Gasteiger partial charge >= 0.3 is 6.09 Å². The summed E-state index contributed by atoms with van der Waals surface area (Å²) in [5, 5.41) is 9.15. The van der Waals surface area contributed by atoms with Gasteiger partial charge in [0.25, 0.3) is 0 Å². The maximum atomic E-state index is 13.7. The highest BCUT2D eigenvalue weighted by atomic mass is 79.9. The van der Waals surface area contributed by atoms with Gasteiger partial charge in [0.2, 0.25) is 5.91 Å². The molecule has 0 bridgehead atoms. The zero-order valence-electron chi connectivity index (χ0n) is 25.0. The predicted octanol–water partition coefficient (Wildman–Crippen LogP) is 7.83. The number of rotatable bonds is 6. The molecule has 0 radical (unpaired) electrons. The Kier molecular flexibility index (Phi) is 8.03. The number of carbonyl (C=O) groups is 2. The minimum atomic E-state index is -0.848. The predicted molar refractivity (Wildman–Crippen MR) is 177 cm³/mol. The van der Waals surface area contributed by atoms with Crippen molar-refractivity contribution in [2.75, 3.05) is 18.4 Å². The zero-order chi connectivity index (χ0) is 30.9. The first-order chi connectivity index (χ1) is 21.2. The lowest BCUT2D eigenvalue weighted by atomic mass is 9.77. The molecule has 1 aromatic heterocycles. The number of amides is 2. The Morgan fingerprint density at radius 1 is 0.841 bits per heavy atom. The first kappa shape index (κ1) is 29.6. The monoisotopic (exact) mass is 650 g/mol. The van der Waals surface area contributed by atoms with Crippen LogP contribution in [-0.4, -0.2) is 45.4 Å². The summed E-state index contributed by atoms with van der Waals surface area (Å²) < 4.78 is 8.45. The normalized spacial score (nSPS) is 15.4. The van der Waals surface area contributed by atoms with Gasteiger partial charge < -0.3 is 15.0 Å². The van der Waals surface area contributed by atoms with Crippen LogP contribution in [0.4, 0.5) is 10.6 Å². The van der Waals surface area contributed by atoms with Gasteiger partial charge in [-0.05, 0) is 62.1 Å². The van der Waals surface area contributed by atoms with E-state index >= 15 is 0 Å². The minimum Gasteiger partial charge on any atom is -0.444 e. The SMILES string of the molecule is CC(C)(C)OC(=O)N1CC[C@@H](C(=O)Nc2nn(C(c3ccccc3)(c3ccccc3)c3ccccc3)c3ccc(Br)cc23)C1. The smallest absolute Gasteiger partial charge is 0.410 e. The molecule has 1 saturated heterocycles. The van der Waals surface area contributed by atoms with E-state index in [2.05, 4.69) is 57.6 Å². The molecule has 7 nitrogen and oxygen atoms in total. The minimum absolute atomic E-state index is 0.174. The van der Waals surface area contributed by atoms with Crippen LogP contribution in [0.15, 0.2) is 114 Å². The highest BCUT2D eigenvalue weighted by molar-refractivity contribution is 9.10. The third-order valence-electron chi connectivity index (χ3n) is 7.99. The summed E-state index contributed by atoms with van der Waals surface area (Å²) in [7, 11) is 0. The first-order valence-electron chi connectivity index (χ1n) is 14.8. The lowest BCUT2D eigenvalue weighted by molar-refractivity contribution is -0.119. The van der Waals surface area contributed by atoms with Crippen molar-refractivity contribution in [2.24, 2.45) is 5.92 Å². The molecule has 2 amide bonds. The van der Waals surface area contributed by atoms with Crippen molar-refractivity contribution in [3.63, 3.8) is 0 Å². The fourth-order valence-electron chi connectivity index (χ4n) is 6.03. The van der Waals surface area contributed by atoms with Crippen LogP contribution >= 0.6 is 15.9 Å². The number of carbonyl (C=O) groups excluding carboxylic acids is 2. The lowest BCUT2D eigenvalue weighted by Crippen LogP contribution is -2.38. The topological polar surface area (TPSA) is 76.5 Å². The maximum absolute atomic E-state index is 13.7. The summed E-state index contributed by atoms with van der Waals surface area (Å²) in [6, 6.07) is 37.0. The molecule has 1 atom stereocenters. The number of hydrogen-bond acceptors (Lipinski definition) is 4. The Balaban J connectivity index is 1.47. The number of anilines is 1. The van der Waals surface area contributed by atoms with Gasteiger partial charge in [0.1, 0.15) is 11.1 Å². The average molecular weight is 652 g/mol. The standard InChI is InChI=1S/C36H35BrN4O3/c1-35(2,3)44-34(43)40-22-21-25(24-40)33(42)38-32-30-23-29(37)19-20-31(30)41(39-32)36(26-13-7-4-8-14-26,27-15-9-5-10-16-27)28-17-11-6-12-18-28/h4-20,23,25H,21-22,24H2,1-3H3,(H,38,39,42)/t25-/m1/s1. The van der Waals surface area contributed by atoms with Gasteiger partial charge in [0.15, 0.2) is 5.82 Å². The second-order valence-electron chi connectivity index (χ2n) is 12.1. The van der Waals surface area contributed by atoms with Crippen molar-refractivity contribution in [1.82, 2.24) is 14.7 Å². The Morgan fingerprint density at radius 2 is 1.39 bits per heavy atom. The van der Waals surface area contributed by atoms with E-state index in [9.17, 15) is 9.59 Å². The van der Waals surface area contributed by atoms with Crippen LogP contribution in [0.1, 0.15) is 43.9 Å². The third kappa shape index (κ3) is 5.62. The van der Waals surface area contributed by atoms with Gasteiger partial charge in [-0.3, -0.25) is 4.79 Å². The van der Waals surface area contributed by atoms with Crippen molar-refractivity contribution >= 4 is 44.7 Å². The van der Waals surface area contributed by atoms with E-state index in [0.717, 1.165) is 32.1 Å². The van der Waals surface area contributed by atoms with Gasteiger partial charge in [-0.1, -0.05) is 107 Å². The Bertz CT molecular complexity index is 1690. The fourth-order valence-corrected chi connectivity index (χ4v) is 6.39. The van der Waals surface area contributed by atoms with Gasteiger partial charge in [0, 0.05) is 22.9 Å². The van der Waals surface area contributed by atoms with Crippen LogP contribution in [0.3, 0.4) is 0 Å². The van der Waals surface area contributed by atoms with Crippen LogP contribution in [0.2, 0.25) is 0 Å². The number of aromatic nitrogens is 2. The second-order valence-corrected chi connectivity index (χ2v) is 13.0. The molecule has 4 aromatic carbocycles. The van der Waals surface area contributed by atoms with Crippen LogP contribution in [0, 0.1) is 5.92 Å². The van der Waals surface area contributed by atoms with Crippen molar-refractivity contribution < 1.29 is 14.3 Å². The summed E-state index contributed by atoms with van der Waals surface area (Å²) in [4.78, 5) is 28.0. The number of likely N-dealkylation sites (tertiary alicyclic amines) is 1. The summed E-state index contributed by atoms with van der Waals surface area (Å²) in [5.41, 5.74) is 2.52.